The van der Waals surface area contributed by atoms with Crippen molar-refractivity contribution in [3.8, 4) is 5.75 Å². The molecule has 1 aromatic heterocycles. The molecule has 0 radical (unpaired) electrons. The lowest BCUT2D eigenvalue weighted by Gasteiger charge is -2.31. The molecule has 0 unspecified atom stereocenters. The van der Waals surface area contributed by atoms with Crippen LogP contribution in [-0.4, -0.2) is 57.0 Å². The number of benzene rings is 1. The van der Waals surface area contributed by atoms with Gasteiger partial charge in [0, 0.05) is 13.1 Å². The van der Waals surface area contributed by atoms with Crippen molar-refractivity contribution in [1.82, 2.24) is 25.1 Å². The molecule has 3 rings (SSSR count). The van der Waals surface area contributed by atoms with Crippen molar-refractivity contribution in [3.05, 3.63) is 29.8 Å². The largest absolute Gasteiger partial charge is 0.497 e. The highest BCUT2D eigenvalue weighted by atomic mass is 32.2. The number of thioether (sulfide) groups is 1. The lowest BCUT2D eigenvalue weighted by molar-refractivity contribution is -0.129. The average molecular weight is 375 g/mol. The Morgan fingerprint density at radius 1 is 1.27 bits per heavy atom. The van der Waals surface area contributed by atoms with Gasteiger partial charge in [-0.25, -0.2) is 4.68 Å². The molecule has 1 aliphatic rings. The van der Waals surface area contributed by atoms with E-state index in [-0.39, 0.29) is 5.91 Å². The lowest BCUT2D eigenvalue weighted by Crippen LogP contribution is -2.39. The van der Waals surface area contributed by atoms with Gasteiger partial charge in [0.15, 0.2) is 0 Å². The second-order valence-electron chi connectivity index (χ2n) is 6.55. The maximum atomic E-state index is 12.5. The molecule has 26 heavy (non-hydrogen) atoms. The van der Waals surface area contributed by atoms with Crippen molar-refractivity contribution in [2.75, 3.05) is 19.9 Å². The Morgan fingerprint density at radius 3 is 2.69 bits per heavy atom. The summed E-state index contributed by atoms with van der Waals surface area (Å²) in [5.74, 6) is 1.31. The van der Waals surface area contributed by atoms with Gasteiger partial charge < -0.3 is 9.64 Å². The third-order valence-corrected chi connectivity index (χ3v) is 5.77. The first-order valence-electron chi connectivity index (χ1n) is 8.95. The quantitative estimate of drug-likeness (QED) is 0.693. The van der Waals surface area contributed by atoms with Crippen molar-refractivity contribution >= 4 is 17.7 Å². The molecule has 0 atom stereocenters. The molecular weight excluding hydrogens is 350 g/mol. The number of tetrazole rings is 1. The first-order chi connectivity index (χ1) is 12.7. The molecule has 1 aliphatic carbocycles. The number of hydrogen-bond donors (Lipinski definition) is 0. The first kappa shape index (κ1) is 18.7. The van der Waals surface area contributed by atoms with Crippen molar-refractivity contribution in [1.29, 1.82) is 0 Å². The Kier molecular flexibility index (Phi) is 6.49. The van der Waals surface area contributed by atoms with Gasteiger partial charge in [0.25, 0.3) is 0 Å². The number of nitrogens with zero attached hydrogens (tertiary/aromatic N) is 5. The van der Waals surface area contributed by atoms with Crippen LogP contribution in [0.5, 0.6) is 5.75 Å². The van der Waals surface area contributed by atoms with Gasteiger partial charge in [-0.2, -0.15) is 0 Å². The van der Waals surface area contributed by atoms with E-state index < -0.39 is 0 Å². The van der Waals surface area contributed by atoms with E-state index in [1.807, 2.05) is 36.2 Å². The molecule has 0 spiro atoms. The van der Waals surface area contributed by atoms with Crippen LogP contribution in [0.1, 0.15) is 37.7 Å². The summed E-state index contributed by atoms with van der Waals surface area (Å²) in [6, 6.07) is 8.17. The van der Waals surface area contributed by atoms with Gasteiger partial charge >= 0.3 is 0 Å². The number of rotatable bonds is 7. The molecular formula is C18H25N5O2S. The predicted octanol–water partition coefficient (Wildman–Crippen LogP) is 2.61. The molecule has 0 aliphatic heterocycles. The smallest absolute Gasteiger partial charge is 0.233 e. The van der Waals surface area contributed by atoms with Gasteiger partial charge in [-0.1, -0.05) is 43.2 Å². The highest BCUT2D eigenvalue weighted by Gasteiger charge is 2.22. The first-order valence-corrected chi connectivity index (χ1v) is 9.93. The monoisotopic (exact) mass is 375 g/mol. The normalized spacial score (nSPS) is 15.0. The average Bonchev–Trinajstić information content (AvgIpc) is 3.13. The fourth-order valence-electron chi connectivity index (χ4n) is 3.20. The van der Waals surface area contributed by atoms with E-state index in [1.54, 1.807) is 11.8 Å². The Bertz CT molecular complexity index is 713. The standard InChI is InChI=1S/C18H25N5O2S/c1-22(15-6-4-3-5-7-15)17(24)13-26-18-19-20-21-23(18)12-14-8-10-16(25-2)11-9-14/h8-11,15H,3-7,12-13H2,1-2H3. The minimum absolute atomic E-state index is 0.140. The number of carbonyl (C=O) groups is 1. The maximum Gasteiger partial charge on any atom is 0.233 e. The fraction of sp³-hybridized carbons (Fsp3) is 0.556. The molecule has 1 fully saturated rings. The van der Waals surface area contributed by atoms with Crippen molar-refractivity contribution in [2.24, 2.45) is 0 Å². The van der Waals surface area contributed by atoms with Crippen molar-refractivity contribution < 1.29 is 9.53 Å². The summed E-state index contributed by atoms with van der Waals surface area (Å²) >= 11 is 1.39. The van der Waals surface area contributed by atoms with Crippen LogP contribution in [0.25, 0.3) is 0 Å². The molecule has 0 saturated heterocycles. The van der Waals surface area contributed by atoms with E-state index in [9.17, 15) is 4.79 Å². The summed E-state index contributed by atoms with van der Waals surface area (Å²) in [6.07, 6.45) is 5.95. The number of amides is 1. The highest BCUT2D eigenvalue weighted by Crippen LogP contribution is 2.23. The number of aromatic nitrogens is 4. The summed E-state index contributed by atoms with van der Waals surface area (Å²) in [5, 5.41) is 12.5. The molecule has 1 aromatic carbocycles. The topological polar surface area (TPSA) is 73.1 Å². The molecule has 1 heterocycles. The van der Waals surface area contributed by atoms with E-state index in [2.05, 4.69) is 15.5 Å². The summed E-state index contributed by atoms with van der Waals surface area (Å²) in [5.41, 5.74) is 1.07. The maximum absolute atomic E-state index is 12.5. The van der Waals surface area contributed by atoms with Crippen LogP contribution in [0.15, 0.2) is 29.4 Å². The van der Waals surface area contributed by atoms with Crippen molar-refractivity contribution in [2.45, 2.75) is 49.8 Å². The fourth-order valence-corrected chi connectivity index (χ4v) is 4.00. The Morgan fingerprint density at radius 2 is 2.00 bits per heavy atom. The van der Waals surface area contributed by atoms with Crippen LogP contribution < -0.4 is 4.74 Å². The van der Waals surface area contributed by atoms with Crippen LogP contribution in [0.2, 0.25) is 0 Å². The van der Waals surface area contributed by atoms with Crippen LogP contribution in [0, 0.1) is 0 Å². The molecule has 2 aromatic rings. The summed E-state index contributed by atoms with van der Waals surface area (Å²) in [4.78, 5) is 14.4. The van der Waals surface area contributed by atoms with E-state index in [0.717, 1.165) is 24.2 Å². The van der Waals surface area contributed by atoms with E-state index >= 15 is 0 Å². The number of ether oxygens (including phenoxy) is 1. The zero-order chi connectivity index (χ0) is 18.4. The Balaban J connectivity index is 1.55. The van der Waals surface area contributed by atoms with E-state index in [0.29, 0.717) is 23.5 Å². The van der Waals surface area contributed by atoms with Gasteiger partial charge in [-0.05, 0) is 41.0 Å². The molecule has 0 bridgehead atoms. The summed E-state index contributed by atoms with van der Waals surface area (Å²) < 4.78 is 6.89. The van der Waals surface area contributed by atoms with Gasteiger partial charge in [0.1, 0.15) is 5.75 Å². The second kappa shape index (κ2) is 9.02. The highest BCUT2D eigenvalue weighted by molar-refractivity contribution is 7.99. The molecule has 1 amide bonds. The second-order valence-corrected chi connectivity index (χ2v) is 7.49. The minimum Gasteiger partial charge on any atom is -0.497 e. The zero-order valence-corrected chi connectivity index (χ0v) is 16.1. The molecule has 140 valence electrons. The zero-order valence-electron chi connectivity index (χ0n) is 15.3. The number of hydrogen-bond acceptors (Lipinski definition) is 6. The van der Waals surface area contributed by atoms with Gasteiger partial charge in [0.05, 0.1) is 19.4 Å². The van der Waals surface area contributed by atoms with Crippen LogP contribution in [0.3, 0.4) is 0 Å². The lowest BCUT2D eigenvalue weighted by atomic mass is 9.94. The minimum atomic E-state index is 0.140. The van der Waals surface area contributed by atoms with Gasteiger partial charge in [-0.15, -0.1) is 5.10 Å². The van der Waals surface area contributed by atoms with E-state index in [1.165, 1.54) is 31.0 Å². The van der Waals surface area contributed by atoms with Crippen LogP contribution >= 0.6 is 11.8 Å². The molecule has 1 saturated carbocycles. The molecule has 8 heteroatoms. The van der Waals surface area contributed by atoms with E-state index in [4.69, 9.17) is 4.74 Å². The van der Waals surface area contributed by atoms with Crippen molar-refractivity contribution in [3.63, 3.8) is 0 Å². The van der Waals surface area contributed by atoms with Gasteiger partial charge in [0.2, 0.25) is 11.1 Å². The SMILES string of the molecule is COc1ccc(Cn2nnnc2SCC(=O)N(C)C2CCCCC2)cc1. The summed E-state index contributed by atoms with van der Waals surface area (Å²) in [7, 11) is 3.56. The third-order valence-electron chi connectivity index (χ3n) is 4.83. The van der Waals surface area contributed by atoms with Crippen LogP contribution in [0.4, 0.5) is 0 Å². The Labute approximate surface area is 158 Å². The molecule has 7 nitrogen and oxygen atoms in total. The molecule has 0 N–H and O–H groups in total. The number of methoxy groups -OCH3 is 1. The Hall–Kier alpha value is -2.09. The predicted molar refractivity (Wildman–Crippen MR) is 100 cm³/mol. The third kappa shape index (κ3) is 4.75. The van der Waals surface area contributed by atoms with Crippen LogP contribution in [-0.2, 0) is 11.3 Å². The number of carbonyl (C=O) groups excluding carboxylic acids is 1. The van der Waals surface area contributed by atoms with Gasteiger partial charge in [-0.3, -0.25) is 4.79 Å². The summed E-state index contributed by atoms with van der Waals surface area (Å²) in [6.45, 7) is 0.561.